The lowest BCUT2D eigenvalue weighted by Crippen LogP contribution is -2.56. The summed E-state index contributed by atoms with van der Waals surface area (Å²) in [5.41, 5.74) is 4.53. The van der Waals surface area contributed by atoms with Crippen LogP contribution >= 0.6 is 0 Å². The Hall–Kier alpha value is -1.10. The van der Waals surface area contributed by atoms with Crippen LogP contribution in [0.2, 0.25) is 0 Å². The number of hydrogen-bond acceptors (Lipinski definition) is 3. The molecule has 5 heteroatoms. The number of nitrogens with two attached hydrogens (primary N) is 1. The highest BCUT2D eigenvalue weighted by atomic mass is 16.4. The van der Waals surface area contributed by atoms with Crippen molar-refractivity contribution in [2.24, 2.45) is 11.7 Å². The number of carboxylic acids is 1. The summed E-state index contributed by atoms with van der Waals surface area (Å²) < 4.78 is 0. The summed E-state index contributed by atoms with van der Waals surface area (Å²) in [5, 5.41) is 12.3. The Morgan fingerprint density at radius 1 is 1.26 bits per heavy atom. The van der Waals surface area contributed by atoms with Gasteiger partial charge >= 0.3 is 5.97 Å². The van der Waals surface area contributed by atoms with Crippen molar-refractivity contribution >= 4 is 11.9 Å². The molecule has 1 aliphatic rings. The average molecular weight is 270 g/mol. The highest BCUT2D eigenvalue weighted by Gasteiger charge is 2.40. The second-order valence-electron chi connectivity index (χ2n) is 5.51. The minimum Gasteiger partial charge on any atom is -0.480 e. The van der Waals surface area contributed by atoms with Crippen molar-refractivity contribution in [3.05, 3.63) is 0 Å². The number of rotatable bonds is 6. The first-order chi connectivity index (χ1) is 9.05. The molecule has 0 heterocycles. The fraction of sp³-hybridized carbons (Fsp3) is 0.857. The molecule has 4 N–H and O–H groups in total. The van der Waals surface area contributed by atoms with E-state index in [4.69, 9.17) is 5.73 Å². The van der Waals surface area contributed by atoms with E-state index >= 15 is 0 Å². The summed E-state index contributed by atoms with van der Waals surface area (Å²) in [7, 11) is 0. The van der Waals surface area contributed by atoms with Gasteiger partial charge in [-0.15, -0.1) is 0 Å². The molecule has 1 amide bonds. The van der Waals surface area contributed by atoms with Gasteiger partial charge in [0.2, 0.25) is 5.91 Å². The molecule has 1 atom stereocenters. The number of carbonyl (C=O) groups excluding carboxylic acids is 1. The Labute approximate surface area is 114 Å². The van der Waals surface area contributed by atoms with Crippen LogP contribution in [-0.2, 0) is 9.59 Å². The third kappa shape index (κ3) is 4.20. The zero-order valence-corrected chi connectivity index (χ0v) is 11.8. The number of amides is 1. The predicted molar refractivity (Wildman–Crippen MR) is 73.7 cm³/mol. The Balaban J connectivity index is 2.77. The largest absolute Gasteiger partial charge is 0.480 e. The fourth-order valence-electron chi connectivity index (χ4n) is 2.77. The molecule has 0 spiro atoms. The van der Waals surface area contributed by atoms with Crippen molar-refractivity contribution in [3.63, 3.8) is 0 Å². The van der Waals surface area contributed by atoms with Gasteiger partial charge in [-0.1, -0.05) is 39.0 Å². The van der Waals surface area contributed by atoms with Crippen molar-refractivity contribution in [2.75, 3.05) is 6.54 Å². The number of aliphatic carboxylic acids is 1. The van der Waals surface area contributed by atoms with Crippen LogP contribution in [0.1, 0.15) is 58.3 Å². The summed E-state index contributed by atoms with van der Waals surface area (Å²) in [6.45, 7) is 2.27. The molecule has 0 aromatic carbocycles. The zero-order chi connectivity index (χ0) is 14.3. The van der Waals surface area contributed by atoms with Gasteiger partial charge < -0.3 is 16.2 Å². The predicted octanol–water partition coefficient (Wildman–Crippen LogP) is 1.66. The number of carbonyl (C=O) groups is 2. The Kier molecular flexibility index (Phi) is 6.28. The molecule has 1 unspecified atom stereocenters. The molecular formula is C14H26N2O3. The third-order valence-electron chi connectivity index (χ3n) is 4.02. The highest BCUT2D eigenvalue weighted by molar-refractivity contribution is 5.88. The van der Waals surface area contributed by atoms with Crippen LogP contribution < -0.4 is 11.1 Å². The summed E-state index contributed by atoms with van der Waals surface area (Å²) in [6, 6.07) is 0. The van der Waals surface area contributed by atoms with Gasteiger partial charge in [0, 0.05) is 6.54 Å². The van der Waals surface area contributed by atoms with E-state index in [-0.39, 0.29) is 18.4 Å². The van der Waals surface area contributed by atoms with Gasteiger partial charge in [-0.05, 0) is 19.3 Å². The van der Waals surface area contributed by atoms with Gasteiger partial charge in [0.1, 0.15) is 5.54 Å². The second-order valence-corrected chi connectivity index (χ2v) is 5.51. The third-order valence-corrected chi connectivity index (χ3v) is 4.02. The van der Waals surface area contributed by atoms with Crippen molar-refractivity contribution in [2.45, 2.75) is 63.8 Å². The normalized spacial score (nSPS) is 20.3. The summed E-state index contributed by atoms with van der Waals surface area (Å²) in [6.07, 6.45) is 6.42. The average Bonchev–Trinajstić information content (AvgIpc) is 2.62. The van der Waals surface area contributed by atoms with Crippen molar-refractivity contribution < 1.29 is 14.7 Å². The SMILES string of the molecule is CCCC(CN)C(=O)NC1(C(=O)O)CCCCCC1. The second kappa shape index (κ2) is 7.48. The summed E-state index contributed by atoms with van der Waals surface area (Å²) >= 11 is 0. The maximum Gasteiger partial charge on any atom is 0.329 e. The summed E-state index contributed by atoms with van der Waals surface area (Å²) in [5.74, 6) is -1.38. The van der Waals surface area contributed by atoms with Crippen LogP contribution in [-0.4, -0.2) is 29.1 Å². The van der Waals surface area contributed by atoms with Crippen molar-refractivity contribution in [3.8, 4) is 0 Å². The molecule has 19 heavy (non-hydrogen) atoms. The van der Waals surface area contributed by atoms with E-state index in [0.29, 0.717) is 19.3 Å². The first-order valence-electron chi connectivity index (χ1n) is 7.31. The molecule has 0 aromatic heterocycles. The molecule has 1 saturated carbocycles. The van der Waals surface area contributed by atoms with E-state index in [2.05, 4.69) is 5.32 Å². The first kappa shape index (κ1) is 16.0. The molecule has 1 aliphatic carbocycles. The van der Waals surface area contributed by atoms with Crippen LogP contribution in [0.25, 0.3) is 0 Å². The van der Waals surface area contributed by atoms with Gasteiger partial charge in [-0.3, -0.25) is 4.79 Å². The van der Waals surface area contributed by atoms with Gasteiger partial charge in [0.05, 0.1) is 5.92 Å². The van der Waals surface area contributed by atoms with E-state index in [1.807, 2.05) is 6.92 Å². The molecular weight excluding hydrogens is 244 g/mol. The molecule has 0 radical (unpaired) electrons. The van der Waals surface area contributed by atoms with Crippen LogP contribution in [0.15, 0.2) is 0 Å². The van der Waals surface area contributed by atoms with Gasteiger partial charge in [-0.25, -0.2) is 4.79 Å². The van der Waals surface area contributed by atoms with Crippen molar-refractivity contribution in [1.29, 1.82) is 0 Å². The minimum absolute atomic E-state index is 0.200. The molecule has 0 bridgehead atoms. The van der Waals surface area contributed by atoms with Crippen LogP contribution in [0.4, 0.5) is 0 Å². The van der Waals surface area contributed by atoms with E-state index in [9.17, 15) is 14.7 Å². The molecule has 1 fully saturated rings. The Morgan fingerprint density at radius 3 is 2.26 bits per heavy atom. The van der Waals surface area contributed by atoms with Gasteiger partial charge in [0.25, 0.3) is 0 Å². The fourth-order valence-corrected chi connectivity index (χ4v) is 2.77. The van der Waals surface area contributed by atoms with E-state index in [1.54, 1.807) is 0 Å². The lowest BCUT2D eigenvalue weighted by Gasteiger charge is -2.31. The molecule has 0 aliphatic heterocycles. The maximum absolute atomic E-state index is 12.2. The van der Waals surface area contributed by atoms with Gasteiger partial charge in [0.15, 0.2) is 0 Å². The minimum atomic E-state index is -1.07. The van der Waals surface area contributed by atoms with Crippen molar-refractivity contribution in [1.82, 2.24) is 5.32 Å². The van der Waals surface area contributed by atoms with Gasteiger partial charge in [-0.2, -0.15) is 0 Å². The molecule has 1 rings (SSSR count). The topological polar surface area (TPSA) is 92.4 Å². The quantitative estimate of drug-likeness (QED) is 0.640. The first-order valence-corrected chi connectivity index (χ1v) is 7.31. The number of nitrogens with one attached hydrogen (secondary N) is 1. The zero-order valence-electron chi connectivity index (χ0n) is 11.8. The van der Waals surface area contributed by atoms with Crippen LogP contribution in [0.3, 0.4) is 0 Å². The Morgan fingerprint density at radius 2 is 1.84 bits per heavy atom. The van der Waals surface area contributed by atoms with Crippen LogP contribution in [0.5, 0.6) is 0 Å². The lowest BCUT2D eigenvalue weighted by atomic mass is 9.89. The number of hydrogen-bond donors (Lipinski definition) is 3. The van der Waals surface area contributed by atoms with E-state index in [0.717, 1.165) is 32.1 Å². The molecule has 0 saturated heterocycles. The number of carboxylic acid groups (broad SMARTS) is 1. The maximum atomic E-state index is 12.2. The smallest absolute Gasteiger partial charge is 0.329 e. The standard InChI is InChI=1S/C14H26N2O3/c1-2-7-11(10-15)12(17)16-14(13(18)19)8-5-3-4-6-9-14/h11H,2-10,15H2,1H3,(H,16,17)(H,18,19). The highest BCUT2D eigenvalue weighted by Crippen LogP contribution is 2.28. The van der Waals surface area contributed by atoms with Crippen LogP contribution in [0, 0.1) is 5.92 Å². The Bertz CT molecular complexity index is 310. The lowest BCUT2D eigenvalue weighted by molar-refractivity contribution is -0.149. The summed E-state index contributed by atoms with van der Waals surface area (Å²) in [4.78, 5) is 23.8. The molecule has 0 aromatic rings. The molecule has 110 valence electrons. The van der Waals surface area contributed by atoms with E-state index in [1.165, 1.54) is 0 Å². The van der Waals surface area contributed by atoms with E-state index < -0.39 is 11.5 Å². The molecule has 5 nitrogen and oxygen atoms in total. The monoisotopic (exact) mass is 270 g/mol.